The van der Waals surface area contributed by atoms with E-state index in [4.69, 9.17) is 11.6 Å². The van der Waals surface area contributed by atoms with Crippen molar-refractivity contribution in [2.75, 3.05) is 5.32 Å². The summed E-state index contributed by atoms with van der Waals surface area (Å²) in [7, 11) is 0. The molecule has 0 atom stereocenters. The third kappa shape index (κ3) is 3.38. The molecule has 3 rings (SSSR count). The van der Waals surface area contributed by atoms with Gasteiger partial charge in [0.05, 0.1) is 26.9 Å². The zero-order chi connectivity index (χ0) is 16.4. The standard InChI is InChI=1S/C16H11ClFN3OS/c1-9-14(13-4-2-3-7-19-13)23-16(20-9)21-15(22)11-6-5-10(18)8-12(11)17/h2-8H,1H3,(H,20,21,22). The molecule has 0 saturated carbocycles. The molecule has 0 aliphatic carbocycles. The van der Waals surface area contributed by atoms with E-state index in [2.05, 4.69) is 15.3 Å². The zero-order valence-electron chi connectivity index (χ0n) is 12.0. The number of hydrogen-bond acceptors (Lipinski definition) is 4. The fourth-order valence-electron chi connectivity index (χ4n) is 2.02. The average molecular weight is 348 g/mol. The van der Waals surface area contributed by atoms with E-state index < -0.39 is 11.7 Å². The van der Waals surface area contributed by atoms with Crippen LogP contribution in [0.25, 0.3) is 10.6 Å². The van der Waals surface area contributed by atoms with Crippen LogP contribution in [0, 0.1) is 12.7 Å². The second-order valence-corrected chi connectivity index (χ2v) is 6.13. The third-order valence-corrected chi connectivity index (χ3v) is 4.50. The highest BCUT2D eigenvalue weighted by molar-refractivity contribution is 7.19. The smallest absolute Gasteiger partial charge is 0.258 e. The molecule has 1 aromatic carbocycles. The van der Waals surface area contributed by atoms with Crippen LogP contribution in [0.4, 0.5) is 9.52 Å². The number of pyridine rings is 1. The number of benzene rings is 1. The van der Waals surface area contributed by atoms with Crippen LogP contribution in [-0.4, -0.2) is 15.9 Å². The van der Waals surface area contributed by atoms with Crippen molar-refractivity contribution >= 4 is 34.0 Å². The van der Waals surface area contributed by atoms with Gasteiger partial charge in [0.1, 0.15) is 5.82 Å². The normalized spacial score (nSPS) is 10.6. The molecule has 0 fully saturated rings. The molecule has 1 N–H and O–H groups in total. The Bertz CT molecular complexity index is 867. The highest BCUT2D eigenvalue weighted by Crippen LogP contribution is 2.31. The van der Waals surface area contributed by atoms with Gasteiger partial charge in [0.2, 0.25) is 0 Å². The molecule has 116 valence electrons. The second-order valence-electron chi connectivity index (χ2n) is 4.73. The first-order chi connectivity index (χ1) is 11.0. The Balaban J connectivity index is 1.85. The van der Waals surface area contributed by atoms with Crippen LogP contribution < -0.4 is 5.32 Å². The van der Waals surface area contributed by atoms with Crippen LogP contribution in [0.2, 0.25) is 5.02 Å². The largest absolute Gasteiger partial charge is 0.298 e. The molecule has 0 spiro atoms. The number of anilines is 1. The molecule has 2 heterocycles. The van der Waals surface area contributed by atoms with E-state index in [0.29, 0.717) is 5.13 Å². The topological polar surface area (TPSA) is 54.9 Å². The highest BCUT2D eigenvalue weighted by atomic mass is 35.5. The van der Waals surface area contributed by atoms with Crippen molar-refractivity contribution in [3.8, 4) is 10.6 Å². The van der Waals surface area contributed by atoms with E-state index in [1.807, 2.05) is 25.1 Å². The van der Waals surface area contributed by atoms with Crippen LogP contribution in [0.15, 0.2) is 42.6 Å². The molecule has 0 aliphatic rings. The maximum absolute atomic E-state index is 13.0. The van der Waals surface area contributed by atoms with E-state index in [-0.39, 0.29) is 10.6 Å². The van der Waals surface area contributed by atoms with Crippen molar-refractivity contribution in [1.29, 1.82) is 0 Å². The van der Waals surface area contributed by atoms with Crippen LogP contribution in [0.5, 0.6) is 0 Å². The first-order valence-corrected chi connectivity index (χ1v) is 7.89. The van der Waals surface area contributed by atoms with Crippen LogP contribution in [-0.2, 0) is 0 Å². The number of nitrogens with one attached hydrogen (secondary N) is 1. The number of carbonyl (C=O) groups excluding carboxylic acids is 1. The zero-order valence-corrected chi connectivity index (χ0v) is 13.6. The minimum atomic E-state index is -0.492. The fourth-order valence-corrected chi connectivity index (χ4v) is 3.21. The minimum absolute atomic E-state index is 0.0562. The first-order valence-electron chi connectivity index (χ1n) is 6.70. The summed E-state index contributed by atoms with van der Waals surface area (Å²) in [4.78, 5) is 21.7. The third-order valence-electron chi connectivity index (χ3n) is 3.09. The number of rotatable bonds is 3. The molecule has 0 aliphatic heterocycles. The van der Waals surface area contributed by atoms with Crippen LogP contribution in [0.1, 0.15) is 16.1 Å². The van der Waals surface area contributed by atoms with Crippen molar-refractivity contribution in [2.24, 2.45) is 0 Å². The lowest BCUT2D eigenvalue weighted by Gasteiger charge is -2.03. The number of carbonyl (C=O) groups is 1. The summed E-state index contributed by atoms with van der Waals surface area (Å²) < 4.78 is 13.0. The van der Waals surface area contributed by atoms with Crippen LogP contribution in [0.3, 0.4) is 0 Å². The molecule has 0 unspecified atom stereocenters. The van der Waals surface area contributed by atoms with Gasteiger partial charge < -0.3 is 0 Å². The number of nitrogens with zero attached hydrogens (tertiary/aromatic N) is 2. The first kappa shape index (κ1) is 15.6. The Kier molecular flexibility index (Phi) is 4.36. The lowest BCUT2D eigenvalue weighted by Crippen LogP contribution is -2.12. The van der Waals surface area contributed by atoms with E-state index >= 15 is 0 Å². The Morgan fingerprint density at radius 3 is 2.83 bits per heavy atom. The fraction of sp³-hybridized carbons (Fsp3) is 0.0625. The van der Waals surface area contributed by atoms with Gasteiger partial charge in [-0.1, -0.05) is 29.0 Å². The summed E-state index contributed by atoms with van der Waals surface area (Å²) in [6.07, 6.45) is 1.70. The molecular weight excluding hydrogens is 337 g/mol. The van der Waals surface area contributed by atoms with E-state index in [9.17, 15) is 9.18 Å². The molecule has 2 aromatic heterocycles. The lowest BCUT2D eigenvalue weighted by atomic mass is 10.2. The summed E-state index contributed by atoms with van der Waals surface area (Å²) in [5, 5.41) is 3.18. The number of thiazole rings is 1. The second kappa shape index (κ2) is 6.44. The summed E-state index contributed by atoms with van der Waals surface area (Å²) in [5.41, 5.74) is 1.76. The summed E-state index contributed by atoms with van der Waals surface area (Å²) >= 11 is 7.22. The molecule has 0 bridgehead atoms. The summed E-state index contributed by atoms with van der Waals surface area (Å²) in [6.45, 7) is 1.85. The van der Waals surface area contributed by atoms with Crippen molar-refractivity contribution in [3.05, 3.63) is 64.7 Å². The number of aryl methyl sites for hydroxylation is 1. The molecule has 4 nitrogen and oxygen atoms in total. The minimum Gasteiger partial charge on any atom is -0.298 e. The Morgan fingerprint density at radius 2 is 2.13 bits per heavy atom. The van der Waals surface area contributed by atoms with Crippen molar-refractivity contribution in [2.45, 2.75) is 6.92 Å². The monoisotopic (exact) mass is 347 g/mol. The van der Waals surface area contributed by atoms with E-state index in [0.717, 1.165) is 22.3 Å². The van der Waals surface area contributed by atoms with Gasteiger partial charge in [-0.25, -0.2) is 9.37 Å². The molecular formula is C16H11ClFN3OS. The number of halogens is 2. The van der Waals surface area contributed by atoms with Gasteiger partial charge in [0.15, 0.2) is 5.13 Å². The van der Waals surface area contributed by atoms with Gasteiger partial charge in [-0.3, -0.25) is 15.1 Å². The van der Waals surface area contributed by atoms with E-state index in [1.54, 1.807) is 6.20 Å². The van der Waals surface area contributed by atoms with Gasteiger partial charge in [0.25, 0.3) is 5.91 Å². The Hall–Kier alpha value is -2.31. The predicted molar refractivity (Wildman–Crippen MR) is 89.4 cm³/mol. The van der Waals surface area contributed by atoms with Crippen LogP contribution >= 0.6 is 22.9 Å². The van der Waals surface area contributed by atoms with E-state index in [1.165, 1.54) is 23.5 Å². The molecule has 7 heteroatoms. The molecule has 1 amide bonds. The van der Waals surface area contributed by atoms with Gasteiger partial charge >= 0.3 is 0 Å². The Labute approximate surface area is 141 Å². The number of hydrogen-bond donors (Lipinski definition) is 1. The number of aromatic nitrogens is 2. The maximum Gasteiger partial charge on any atom is 0.258 e. The molecule has 3 aromatic rings. The lowest BCUT2D eigenvalue weighted by molar-refractivity contribution is 0.102. The predicted octanol–water partition coefficient (Wildman–Crippen LogP) is 4.56. The summed E-state index contributed by atoms with van der Waals surface area (Å²) in [6, 6.07) is 9.23. The SMILES string of the molecule is Cc1nc(NC(=O)c2ccc(F)cc2Cl)sc1-c1ccccn1. The molecule has 0 saturated heterocycles. The van der Waals surface area contributed by atoms with Crippen molar-refractivity contribution in [1.82, 2.24) is 9.97 Å². The quantitative estimate of drug-likeness (QED) is 0.755. The summed E-state index contributed by atoms with van der Waals surface area (Å²) in [5.74, 6) is -0.926. The average Bonchev–Trinajstić information content (AvgIpc) is 2.88. The highest BCUT2D eigenvalue weighted by Gasteiger charge is 2.15. The van der Waals surface area contributed by atoms with Gasteiger partial charge in [-0.05, 0) is 37.3 Å². The van der Waals surface area contributed by atoms with Crippen molar-refractivity contribution in [3.63, 3.8) is 0 Å². The molecule has 0 radical (unpaired) electrons. The Morgan fingerprint density at radius 1 is 1.30 bits per heavy atom. The van der Waals surface area contributed by atoms with Gasteiger partial charge in [0, 0.05) is 6.20 Å². The number of amides is 1. The van der Waals surface area contributed by atoms with Crippen molar-refractivity contribution < 1.29 is 9.18 Å². The molecule has 23 heavy (non-hydrogen) atoms. The van der Waals surface area contributed by atoms with Gasteiger partial charge in [-0.15, -0.1) is 0 Å². The van der Waals surface area contributed by atoms with Gasteiger partial charge in [-0.2, -0.15) is 0 Å². The maximum atomic E-state index is 13.0.